The van der Waals surface area contributed by atoms with E-state index in [1.54, 1.807) is 18.5 Å². The van der Waals surface area contributed by atoms with Gasteiger partial charge in [0, 0.05) is 11.6 Å². The molecule has 0 saturated heterocycles. The van der Waals surface area contributed by atoms with E-state index in [1.165, 1.54) is 11.3 Å². The second kappa shape index (κ2) is 2.41. The van der Waals surface area contributed by atoms with Gasteiger partial charge in [-0.15, -0.1) is 17.8 Å². The summed E-state index contributed by atoms with van der Waals surface area (Å²) >= 11 is 1.35. The first-order valence-corrected chi connectivity index (χ1v) is 3.65. The summed E-state index contributed by atoms with van der Waals surface area (Å²) < 4.78 is 0. The van der Waals surface area contributed by atoms with Crippen LogP contribution in [-0.4, -0.2) is 10.1 Å². The minimum Gasteiger partial charge on any atom is -0.371 e. The molecule has 1 N–H and O–H groups in total. The van der Waals surface area contributed by atoms with Gasteiger partial charge in [-0.3, -0.25) is 0 Å². The van der Waals surface area contributed by atoms with E-state index in [9.17, 15) is 5.11 Å². The molecular formula is C7H7NOS. The third kappa shape index (κ3) is 1.18. The van der Waals surface area contributed by atoms with E-state index in [2.05, 4.69) is 10.9 Å². The van der Waals surface area contributed by atoms with Crippen LogP contribution in [-0.2, 0) is 5.60 Å². The average Bonchev–Trinajstić information content (AvgIpc) is 2.38. The fourth-order valence-corrected chi connectivity index (χ4v) is 1.19. The number of terminal acetylenes is 1. The lowest BCUT2D eigenvalue weighted by Gasteiger charge is -2.10. The largest absolute Gasteiger partial charge is 0.371 e. The van der Waals surface area contributed by atoms with Gasteiger partial charge in [-0.1, -0.05) is 5.92 Å². The summed E-state index contributed by atoms with van der Waals surface area (Å²) in [6.45, 7) is 1.55. The fourth-order valence-electron chi connectivity index (χ4n) is 0.526. The number of hydrogen-bond acceptors (Lipinski definition) is 3. The van der Waals surface area contributed by atoms with Crippen molar-refractivity contribution in [3.05, 3.63) is 16.6 Å². The monoisotopic (exact) mass is 153 g/mol. The SMILES string of the molecule is C#C[C@](C)(O)c1nccs1. The van der Waals surface area contributed by atoms with Crippen molar-refractivity contribution in [1.29, 1.82) is 0 Å². The topological polar surface area (TPSA) is 33.1 Å². The zero-order chi connectivity index (χ0) is 7.61. The Morgan fingerprint density at radius 2 is 2.60 bits per heavy atom. The Kier molecular flexibility index (Phi) is 1.75. The summed E-state index contributed by atoms with van der Waals surface area (Å²) in [6.07, 6.45) is 6.68. The molecule has 0 aliphatic rings. The molecule has 1 heterocycles. The Bertz CT molecular complexity index is 245. The first-order valence-electron chi connectivity index (χ1n) is 2.77. The van der Waals surface area contributed by atoms with Crippen LogP contribution in [0.4, 0.5) is 0 Å². The van der Waals surface area contributed by atoms with Gasteiger partial charge in [0.1, 0.15) is 5.01 Å². The Morgan fingerprint density at radius 1 is 1.90 bits per heavy atom. The number of nitrogens with zero attached hydrogens (tertiary/aromatic N) is 1. The molecule has 0 unspecified atom stereocenters. The summed E-state index contributed by atoms with van der Waals surface area (Å²) in [4.78, 5) is 3.88. The number of rotatable bonds is 1. The summed E-state index contributed by atoms with van der Waals surface area (Å²) in [5.41, 5.74) is -1.20. The van der Waals surface area contributed by atoms with Gasteiger partial charge in [0.05, 0.1) is 0 Å². The van der Waals surface area contributed by atoms with Crippen LogP contribution in [0.2, 0.25) is 0 Å². The van der Waals surface area contributed by atoms with E-state index in [1.807, 2.05) is 0 Å². The predicted octanol–water partition coefficient (Wildman–Crippen LogP) is 0.984. The van der Waals surface area contributed by atoms with Crippen LogP contribution in [0.25, 0.3) is 0 Å². The lowest BCUT2D eigenvalue weighted by atomic mass is 10.1. The van der Waals surface area contributed by atoms with Gasteiger partial charge >= 0.3 is 0 Å². The molecule has 52 valence electrons. The molecule has 1 aromatic heterocycles. The van der Waals surface area contributed by atoms with Crippen LogP contribution in [0.3, 0.4) is 0 Å². The molecule has 0 aliphatic carbocycles. The van der Waals surface area contributed by atoms with Gasteiger partial charge < -0.3 is 5.11 Å². The smallest absolute Gasteiger partial charge is 0.174 e. The summed E-state index contributed by atoms with van der Waals surface area (Å²) in [7, 11) is 0. The van der Waals surface area contributed by atoms with Crippen LogP contribution in [0.15, 0.2) is 11.6 Å². The van der Waals surface area contributed by atoms with Crippen molar-refractivity contribution < 1.29 is 5.11 Å². The molecule has 0 saturated carbocycles. The quantitative estimate of drug-likeness (QED) is 0.610. The van der Waals surface area contributed by atoms with Crippen LogP contribution >= 0.6 is 11.3 Å². The van der Waals surface area contributed by atoms with Gasteiger partial charge in [-0.05, 0) is 6.92 Å². The third-order valence-electron chi connectivity index (χ3n) is 1.13. The van der Waals surface area contributed by atoms with E-state index in [4.69, 9.17) is 6.42 Å². The van der Waals surface area contributed by atoms with E-state index >= 15 is 0 Å². The molecule has 3 heteroatoms. The average molecular weight is 153 g/mol. The van der Waals surface area contributed by atoms with Gasteiger partial charge in [0.15, 0.2) is 5.60 Å². The minimum atomic E-state index is -1.20. The first kappa shape index (κ1) is 7.26. The van der Waals surface area contributed by atoms with E-state index < -0.39 is 5.60 Å². The maximum Gasteiger partial charge on any atom is 0.174 e. The summed E-state index contributed by atoms with van der Waals surface area (Å²) in [5, 5.41) is 11.7. The number of thiazole rings is 1. The Morgan fingerprint density at radius 3 is 3.00 bits per heavy atom. The molecule has 1 aromatic rings. The molecule has 10 heavy (non-hydrogen) atoms. The molecule has 0 aliphatic heterocycles. The Balaban J connectivity index is 2.99. The molecule has 0 aromatic carbocycles. The molecule has 2 nitrogen and oxygen atoms in total. The third-order valence-corrected chi connectivity index (χ3v) is 2.11. The Hall–Kier alpha value is -0.850. The number of aliphatic hydroxyl groups is 1. The fraction of sp³-hybridized carbons (Fsp3) is 0.286. The number of aromatic nitrogens is 1. The zero-order valence-electron chi connectivity index (χ0n) is 5.53. The van der Waals surface area contributed by atoms with E-state index in [-0.39, 0.29) is 0 Å². The molecule has 0 bridgehead atoms. The lowest BCUT2D eigenvalue weighted by Crippen LogP contribution is -2.17. The van der Waals surface area contributed by atoms with Crippen molar-refractivity contribution in [1.82, 2.24) is 4.98 Å². The van der Waals surface area contributed by atoms with Crippen molar-refractivity contribution in [2.24, 2.45) is 0 Å². The Labute approximate surface area is 63.5 Å². The predicted molar refractivity (Wildman–Crippen MR) is 40.5 cm³/mol. The van der Waals surface area contributed by atoms with Crippen molar-refractivity contribution >= 4 is 11.3 Å². The molecule has 0 fully saturated rings. The highest BCUT2D eigenvalue weighted by atomic mass is 32.1. The molecule has 0 spiro atoms. The summed E-state index contributed by atoms with van der Waals surface area (Å²) in [6, 6.07) is 0. The highest BCUT2D eigenvalue weighted by Gasteiger charge is 2.21. The van der Waals surface area contributed by atoms with Crippen molar-refractivity contribution in [3.8, 4) is 12.3 Å². The van der Waals surface area contributed by atoms with Crippen LogP contribution < -0.4 is 0 Å². The maximum absolute atomic E-state index is 9.40. The first-order chi connectivity index (χ1) is 4.67. The van der Waals surface area contributed by atoms with Crippen molar-refractivity contribution in [2.75, 3.05) is 0 Å². The highest BCUT2D eigenvalue weighted by molar-refractivity contribution is 7.09. The zero-order valence-corrected chi connectivity index (χ0v) is 6.35. The second-order valence-corrected chi connectivity index (χ2v) is 2.95. The number of hydrogen-bond donors (Lipinski definition) is 1. The van der Waals surface area contributed by atoms with Crippen LogP contribution in [0.1, 0.15) is 11.9 Å². The van der Waals surface area contributed by atoms with Gasteiger partial charge in [-0.2, -0.15) is 0 Å². The van der Waals surface area contributed by atoms with Crippen molar-refractivity contribution in [2.45, 2.75) is 12.5 Å². The van der Waals surface area contributed by atoms with Gasteiger partial charge in [0.2, 0.25) is 0 Å². The standard InChI is InChI=1S/C7H7NOS/c1-3-7(2,9)6-8-4-5-10-6/h1,4-5,9H,2H3/t7-/m0/s1. The normalized spacial score (nSPS) is 15.7. The van der Waals surface area contributed by atoms with E-state index in [0.29, 0.717) is 5.01 Å². The van der Waals surface area contributed by atoms with Crippen LogP contribution in [0.5, 0.6) is 0 Å². The van der Waals surface area contributed by atoms with Crippen LogP contribution in [0, 0.1) is 12.3 Å². The molecular weight excluding hydrogens is 146 g/mol. The molecule has 1 atom stereocenters. The highest BCUT2D eigenvalue weighted by Crippen LogP contribution is 2.20. The maximum atomic E-state index is 9.40. The van der Waals surface area contributed by atoms with Crippen molar-refractivity contribution in [3.63, 3.8) is 0 Å². The molecule has 0 amide bonds. The van der Waals surface area contributed by atoms with Gasteiger partial charge in [-0.25, -0.2) is 4.98 Å². The molecule has 1 rings (SSSR count). The minimum absolute atomic E-state index is 0.565. The second-order valence-electron chi connectivity index (χ2n) is 2.05. The van der Waals surface area contributed by atoms with Gasteiger partial charge in [0.25, 0.3) is 0 Å². The van der Waals surface area contributed by atoms with E-state index in [0.717, 1.165) is 0 Å². The lowest BCUT2D eigenvalue weighted by molar-refractivity contribution is 0.122. The molecule has 0 radical (unpaired) electrons. The summed E-state index contributed by atoms with van der Waals surface area (Å²) in [5.74, 6) is 2.25.